The van der Waals surface area contributed by atoms with Crippen molar-refractivity contribution in [3.8, 4) is 5.75 Å². The fraction of sp³-hybridized carbons (Fsp3) is 0.647. The third-order valence-corrected chi connectivity index (χ3v) is 4.81. The Balaban J connectivity index is 1.61. The standard InChI is InChI=1S/C17H22N2O5/c1-16(2)22-10-17(11-23-16)9-12-7-13(18-20)14(8-15(12)24-17)19-3-5-21-6-4-19/h7-8H,3-6,9-11H2,1-2H3. The van der Waals surface area contributed by atoms with Gasteiger partial charge in [-0.25, -0.2) is 0 Å². The summed E-state index contributed by atoms with van der Waals surface area (Å²) in [4.78, 5) is 13.4. The summed E-state index contributed by atoms with van der Waals surface area (Å²) in [5, 5.41) is 3.23. The number of ether oxygens (including phenoxy) is 4. The van der Waals surface area contributed by atoms with Crippen molar-refractivity contribution >= 4 is 11.4 Å². The number of anilines is 1. The highest BCUT2D eigenvalue weighted by molar-refractivity contribution is 5.72. The summed E-state index contributed by atoms with van der Waals surface area (Å²) in [5.41, 5.74) is 1.73. The number of morpholine rings is 1. The predicted molar refractivity (Wildman–Crippen MR) is 88.0 cm³/mol. The molecule has 0 unspecified atom stereocenters. The van der Waals surface area contributed by atoms with Gasteiger partial charge >= 0.3 is 0 Å². The van der Waals surface area contributed by atoms with Gasteiger partial charge in [0.2, 0.25) is 0 Å². The first-order valence-corrected chi connectivity index (χ1v) is 8.30. The van der Waals surface area contributed by atoms with E-state index in [0.29, 0.717) is 38.5 Å². The Morgan fingerprint density at radius 2 is 1.83 bits per heavy atom. The third kappa shape index (κ3) is 2.76. The van der Waals surface area contributed by atoms with Gasteiger partial charge in [0.25, 0.3) is 0 Å². The van der Waals surface area contributed by atoms with E-state index in [2.05, 4.69) is 10.1 Å². The van der Waals surface area contributed by atoms with Gasteiger partial charge in [0, 0.05) is 31.1 Å². The van der Waals surface area contributed by atoms with Gasteiger partial charge in [-0.15, -0.1) is 4.91 Å². The molecule has 4 rings (SSSR count). The lowest BCUT2D eigenvalue weighted by molar-refractivity contribution is -0.292. The van der Waals surface area contributed by atoms with Gasteiger partial charge in [0.05, 0.1) is 32.1 Å². The Morgan fingerprint density at radius 3 is 2.50 bits per heavy atom. The number of hydrogen-bond acceptors (Lipinski definition) is 7. The molecule has 0 aliphatic carbocycles. The third-order valence-electron chi connectivity index (χ3n) is 4.81. The first kappa shape index (κ1) is 15.8. The minimum atomic E-state index is -0.585. The van der Waals surface area contributed by atoms with E-state index in [0.717, 1.165) is 30.1 Å². The largest absolute Gasteiger partial charge is 0.482 e. The molecule has 1 spiro atoms. The van der Waals surface area contributed by atoms with Crippen LogP contribution >= 0.6 is 0 Å². The molecule has 0 atom stereocenters. The predicted octanol–water partition coefficient (Wildman–Crippen LogP) is 2.38. The van der Waals surface area contributed by atoms with Crippen LogP contribution in [-0.2, 0) is 20.6 Å². The van der Waals surface area contributed by atoms with E-state index < -0.39 is 11.4 Å². The second-order valence-corrected chi connectivity index (χ2v) is 7.08. The normalized spacial score (nSPS) is 24.5. The highest BCUT2D eigenvalue weighted by atomic mass is 16.7. The van der Waals surface area contributed by atoms with Crippen LogP contribution in [0.2, 0.25) is 0 Å². The molecule has 7 heteroatoms. The summed E-state index contributed by atoms with van der Waals surface area (Å²) in [5.74, 6) is 0.202. The maximum Gasteiger partial charge on any atom is 0.163 e. The first-order chi connectivity index (χ1) is 11.5. The van der Waals surface area contributed by atoms with Gasteiger partial charge in [-0.3, -0.25) is 0 Å². The summed E-state index contributed by atoms with van der Waals surface area (Å²) in [7, 11) is 0. The van der Waals surface area contributed by atoms with Crippen molar-refractivity contribution in [2.24, 2.45) is 5.18 Å². The highest BCUT2D eigenvalue weighted by Crippen LogP contribution is 2.44. The molecule has 0 amide bonds. The smallest absolute Gasteiger partial charge is 0.163 e. The van der Waals surface area contributed by atoms with Gasteiger partial charge in [-0.2, -0.15) is 0 Å². The molecule has 0 aromatic heterocycles. The van der Waals surface area contributed by atoms with Crippen LogP contribution < -0.4 is 9.64 Å². The summed E-state index contributed by atoms with van der Waals surface area (Å²) < 4.78 is 23.1. The fourth-order valence-electron chi connectivity index (χ4n) is 3.44. The zero-order valence-corrected chi connectivity index (χ0v) is 14.0. The molecule has 0 N–H and O–H groups in total. The Bertz CT molecular complexity index is 645. The molecule has 1 aromatic carbocycles. The molecule has 1 aromatic rings. The molecule has 2 saturated heterocycles. The molecule has 2 fully saturated rings. The van der Waals surface area contributed by atoms with E-state index in [1.165, 1.54) is 0 Å². The average Bonchev–Trinajstić information content (AvgIpc) is 2.95. The second kappa shape index (κ2) is 5.68. The summed E-state index contributed by atoms with van der Waals surface area (Å²) >= 11 is 0. The van der Waals surface area contributed by atoms with Crippen LogP contribution in [-0.4, -0.2) is 50.9 Å². The van der Waals surface area contributed by atoms with Crippen LogP contribution in [0.15, 0.2) is 17.3 Å². The molecule has 3 aliphatic rings. The van der Waals surface area contributed by atoms with Gasteiger partial charge < -0.3 is 23.8 Å². The maximum absolute atomic E-state index is 11.3. The number of fused-ring (bicyclic) bond motifs is 1. The van der Waals surface area contributed by atoms with Crippen molar-refractivity contribution in [3.05, 3.63) is 22.6 Å². The second-order valence-electron chi connectivity index (χ2n) is 7.08. The lowest BCUT2D eigenvalue weighted by Gasteiger charge is -2.40. The SMILES string of the molecule is CC1(C)OCC2(CO1)Cc1cc(N=O)c(N3CCOCC3)cc1O2. The molecule has 24 heavy (non-hydrogen) atoms. The van der Waals surface area contributed by atoms with Crippen LogP contribution in [0.5, 0.6) is 5.75 Å². The summed E-state index contributed by atoms with van der Waals surface area (Å²) in [6.07, 6.45) is 0.657. The molecule has 3 aliphatic heterocycles. The molecule has 0 bridgehead atoms. The number of nitrogens with zero attached hydrogens (tertiary/aromatic N) is 2. The fourth-order valence-corrected chi connectivity index (χ4v) is 3.44. The van der Waals surface area contributed by atoms with Crippen LogP contribution in [0.25, 0.3) is 0 Å². The van der Waals surface area contributed by atoms with Gasteiger partial charge in [0.15, 0.2) is 11.4 Å². The Morgan fingerprint density at radius 1 is 1.12 bits per heavy atom. The number of hydrogen-bond donors (Lipinski definition) is 0. The highest BCUT2D eigenvalue weighted by Gasteiger charge is 2.46. The van der Waals surface area contributed by atoms with E-state index in [-0.39, 0.29) is 0 Å². The zero-order valence-electron chi connectivity index (χ0n) is 14.0. The lowest BCUT2D eigenvalue weighted by Crippen LogP contribution is -2.54. The monoisotopic (exact) mass is 334 g/mol. The van der Waals surface area contributed by atoms with Crippen molar-refractivity contribution in [1.82, 2.24) is 0 Å². The zero-order chi connectivity index (χ0) is 16.8. The minimum absolute atomic E-state index is 0.453. The number of rotatable bonds is 2. The van der Waals surface area contributed by atoms with E-state index in [1.807, 2.05) is 26.0 Å². The molecule has 130 valence electrons. The molecule has 0 saturated carbocycles. The molecule has 3 heterocycles. The maximum atomic E-state index is 11.3. The number of nitroso groups, excluding NO2 is 1. The van der Waals surface area contributed by atoms with Crippen molar-refractivity contribution in [3.63, 3.8) is 0 Å². The van der Waals surface area contributed by atoms with Crippen LogP contribution in [0.1, 0.15) is 19.4 Å². The van der Waals surface area contributed by atoms with Crippen molar-refractivity contribution in [2.75, 3.05) is 44.4 Å². The summed E-state index contributed by atoms with van der Waals surface area (Å²) in [6, 6.07) is 3.76. The average molecular weight is 334 g/mol. The van der Waals surface area contributed by atoms with Crippen molar-refractivity contribution in [1.29, 1.82) is 0 Å². The number of benzene rings is 1. The molecular weight excluding hydrogens is 312 g/mol. The van der Waals surface area contributed by atoms with E-state index in [1.54, 1.807) is 0 Å². The quantitative estimate of drug-likeness (QED) is 0.774. The Kier molecular flexibility index (Phi) is 3.74. The minimum Gasteiger partial charge on any atom is -0.482 e. The van der Waals surface area contributed by atoms with Crippen molar-refractivity contribution < 1.29 is 18.9 Å². The van der Waals surface area contributed by atoms with Gasteiger partial charge in [-0.05, 0) is 25.1 Å². The van der Waals surface area contributed by atoms with Crippen LogP contribution in [0, 0.1) is 4.91 Å². The Hall–Kier alpha value is -1.70. The molecule has 0 radical (unpaired) electrons. The Labute approximate surface area is 140 Å². The van der Waals surface area contributed by atoms with Crippen molar-refractivity contribution in [2.45, 2.75) is 31.7 Å². The van der Waals surface area contributed by atoms with Crippen LogP contribution in [0.3, 0.4) is 0 Å². The van der Waals surface area contributed by atoms with Gasteiger partial charge in [0.1, 0.15) is 11.4 Å². The van der Waals surface area contributed by atoms with E-state index in [9.17, 15) is 4.91 Å². The van der Waals surface area contributed by atoms with Gasteiger partial charge in [-0.1, -0.05) is 0 Å². The van der Waals surface area contributed by atoms with E-state index >= 15 is 0 Å². The topological polar surface area (TPSA) is 69.6 Å². The summed E-state index contributed by atoms with van der Waals surface area (Å²) in [6.45, 7) is 7.50. The molecular formula is C17H22N2O5. The van der Waals surface area contributed by atoms with E-state index in [4.69, 9.17) is 18.9 Å². The first-order valence-electron chi connectivity index (χ1n) is 8.30. The molecule has 7 nitrogen and oxygen atoms in total. The lowest BCUT2D eigenvalue weighted by atomic mass is 9.97. The van der Waals surface area contributed by atoms with Crippen LogP contribution in [0.4, 0.5) is 11.4 Å².